The highest BCUT2D eigenvalue weighted by molar-refractivity contribution is 5.77. The van der Waals surface area contributed by atoms with Crippen LogP contribution in [0.2, 0.25) is 0 Å². The largest absolute Gasteiger partial charge is 0.340 e. The van der Waals surface area contributed by atoms with Crippen molar-refractivity contribution in [3.8, 4) is 0 Å². The van der Waals surface area contributed by atoms with Crippen molar-refractivity contribution in [3.63, 3.8) is 0 Å². The minimum absolute atomic E-state index is 0.165. The lowest BCUT2D eigenvalue weighted by Gasteiger charge is -2.41. The molecule has 3 heteroatoms. The molecule has 16 heavy (non-hydrogen) atoms. The molecule has 2 fully saturated rings. The van der Waals surface area contributed by atoms with Gasteiger partial charge in [-0.2, -0.15) is 0 Å². The van der Waals surface area contributed by atoms with Crippen molar-refractivity contribution in [3.05, 3.63) is 0 Å². The summed E-state index contributed by atoms with van der Waals surface area (Å²) in [6.45, 7) is 3.83. The molecule has 1 heterocycles. The number of nitrogens with zero attached hydrogens (tertiary/aromatic N) is 1. The number of hydrogen-bond acceptors (Lipinski definition) is 2. The number of hydrogen-bond donors (Lipinski definition) is 1. The second-order valence-corrected chi connectivity index (χ2v) is 5.53. The van der Waals surface area contributed by atoms with Gasteiger partial charge >= 0.3 is 0 Å². The van der Waals surface area contributed by atoms with E-state index in [1.807, 2.05) is 0 Å². The third-order valence-corrected chi connectivity index (χ3v) is 4.54. The van der Waals surface area contributed by atoms with E-state index < -0.39 is 0 Å². The number of carbonyl (C=O) groups excluding carboxylic acids is 1. The Kier molecular flexibility index (Phi) is 3.53. The maximum Gasteiger partial charge on any atom is 0.223 e. The van der Waals surface area contributed by atoms with Gasteiger partial charge in [0, 0.05) is 19.0 Å². The third-order valence-electron chi connectivity index (χ3n) is 4.54. The average Bonchev–Trinajstić information content (AvgIpc) is 2.71. The van der Waals surface area contributed by atoms with Crippen LogP contribution in [0.1, 0.15) is 51.9 Å². The minimum Gasteiger partial charge on any atom is -0.340 e. The molecule has 1 atom stereocenters. The molecule has 2 N–H and O–H groups in total. The maximum atomic E-state index is 12.3. The Balaban J connectivity index is 1.92. The van der Waals surface area contributed by atoms with Gasteiger partial charge in [0.05, 0.1) is 0 Å². The number of rotatable bonds is 4. The van der Waals surface area contributed by atoms with Crippen LogP contribution in [0.15, 0.2) is 0 Å². The Bertz CT molecular complexity index is 255. The van der Waals surface area contributed by atoms with Crippen molar-refractivity contribution >= 4 is 5.91 Å². The van der Waals surface area contributed by atoms with Crippen molar-refractivity contribution in [2.45, 2.75) is 57.9 Å². The fourth-order valence-electron chi connectivity index (χ4n) is 3.14. The third kappa shape index (κ3) is 2.10. The van der Waals surface area contributed by atoms with Gasteiger partial charge in [-0.05, 0) is 44.1 Å². The van der Waals surface area contributed by atoms with Gasteiger partial charge in [0.25, 0.3) is 0 Å². The van der Waals surface area contributed by atoms with Crippen molar-refractivity contribution in [2.24, 2.45) is 11.1 Å². The quantitative estimate of drug-likeness (QED) is 0.793. The van der Waals surface area contributed by atoms with Crippen LogP contribution in [0.25, 0.3) is 0 Å². The van der Waals surface area contributed by atoms with Crippen LogP contribution in [0, 0.1) is 5.41 Å². The summed E-state index contributed by atoms with van der Waals surface area (Å²) in [6, 6.07) is 0.502. The summed E-state index contributed by atoms with van der Waals surface area (Å²) in [7, 11) is 0. The number of carbonyl (C=O) groups is 1. The van der Waals surface area contributed by atoms with E-state index in [0.717, 1.165) is 25.8 Å². The van der Waals surface area contributed by atoms with Crippen LogP contribution < -0.4 is 5.73 Å². The number of nitrogens with two attached hydrogens (primary N) is 1. The van der Waals surface area contributed by atoms with E-state index in [4.69, 9.17) is 5.73 Å². The lowest BCUT2D eigenvalue weighted by atomic mass is 9.66. The zero-order valence-electron chi connectivity index (χ0n) is 10.4. The Morgan fingerprint density at radius 3 is 2.69 bits per heavy atom. The van der Waals surface area contributed by atoms with Crippen LogP contribution in [0.4, 0.5) is 0 Å². The van der Waals surface area contributed by atoms with Crippen molar-refractivity contribution < 1.29 is 4.79 Å². The Labute approximate surface area is 98.4 Å². The first-order valence-corrected chi connectivity index (χ1v) is 6.70. The van der Waals surface area contributed by atoms with Gasteiger partial charge in [-0.1, -0.05) is 13.3 Å². The average molecular weight is 224 g/mol. The smallest absolute Gasteiger partial charge is 0.223 e. The molecular weight excluding hydrogens is 200 g/mol. The first kappa shape index (κ1) is 11.9. The second kappa shape index (κ2) is 4.74. The van der Waals surface area contributed by atoms with Crippen LogP contribution >= 0.6 is 0 Å². The molecule has 1 amide bonds. The first-order chi connectivity index (χ1) is 7.71. The molecule has 1 aliphatic carbocycles. The summed E-state index contributed by atoms with van der Waals surface area (Å²) in [5.41, 5.74) is 5.98. The molecule has 0 spiro atoms. The van der Waals surface area contributed by atoms with Gasteiger partial charge < -0.3 is 10.6 Å². The van der Waals surface area contributed by atoms with E-state index in [0.29, 0.717) is 24.9 Å². The molecule has 1 unspecified atom stereocenters. The van der Waals surface area contributed by atoms with E-state index in [1.165, 1.54) is 19.3 Å². The summed E-state index contributed by atoms with van der Waals surface area (Å²) in [6.07, 6.45) is 7.72. The monoisotopic (exact) mass is 224 g/mol. The van der Waals surface area contributed by atoms with Gasteiger partial charge in [0.2, 0.25) is 5.91 Å². The van der Waals surface area contributed by atoms with Crippen LogP contribution in [0.3, 0.4) is 0 Å². The van der Waals surface area contributed by atoms with Crippen molar-refractivity contribution in [2.75, 3.05) is 13.1 Å². The zero-order chi connectivity index (χ0) is 11.6. The van der Waals surface area contributed by atoms with Gasteiger partial charge in [-0.25, -0.2) is 0 Å². The topological polar surface area (TPSA) is 46.3 Å². The van der Waals surface area contributed by atoms with E-state index in [9.17, 15) is 4.79 Å². The fraction of sp³-hybridized carbons (Fsp3) is 0.923. The molecule has 0 radical (unpaired) electrons. The lowest BCUT2D eigenvalue weighted by molar-refractivity contribution is -0.136. The van der Waals surface area contributed by atoms with Crippen molar-refractivity contribution in [1.82, 2.24) is 4.90 Å². The molecule has 1 aliphatic heterocycles. The molecule has 1 saturated heterocycles. The summed E-state index contributed by atoms with van der Waals surface area (Å²) < 4.78 is 0. The van der Waals surface area contributed by atoms with Crippen molar-refractivity contribution in [1.29, 1.82) is 0 Å². The molecule has 2 rings (SSSR count). The maximum absolute atomic E-state index is 12.3. The highest BCUT2D eigenvalue weighted by Gasteiger charge is 2.40. The Morgan fingerprint density at radius 1 is 1.44 bits per heavy atom. The highest BCUT2D eigenvalue weighted by atomic mass is 16.2. The molecule has 1 saturated carbocycles. The van der Waals surface area contributed by atoms with Crippen LogP contribution in [-0.2, 0) is 4.79 Å². The Hall–Kier alpha value is -0.570. The molecule has 3 nitrogen and oxygen atoms in total. The van der Waals surface area contributed by atoms with Crippen LogP contribution in [-0.4, -0.2) is 29.9 Å². The normalized spacial score (nSPS) is 27.9. The van der Waals surface area contributed by atoms with E-state index in [1.54, 1.807) is 0 Å². The molecule has 0 aromatic heterocycles. The SMILES string of the molecule is CCC1CCCN1C(=O)CC1(CN)CCC1. The van der Waals surface area contributed by atoms with Gasteiger partial charge in [0.15, 0.2) is 0 Å². The zero-order valence-corrected chi connectivity index (χ0v) is 10.4. The lowest BCUT2D eigenvalue weighted by Crippen LogP contribution is -2.44. The first-order valence-electron chi connectivity index (χ1n) is 6.70. The Morgan fingerprint density at radius 2 is 2.19 bits per heavy atom. The minimum atomic E-state index is 0.165. The fourth-order valence-corrected chi connectivity index (χ4v) is 3.14. The molecular formula is C13H24N2O. The number of likely N-dealkylation sites (tertiary alicyclic amines) is 1. The van der Waals surface area contributed by atoms with Gasteiger partial charge in [0.1, 0.15) is 0 Å². The summed E-state index contributed by atoms with van der Waals surface area (Å²) in [5, 5.41) is 0. The summed E-state index contributed by atoms with van der Waals surface area (Å²) in [4.78, 5) is 14.4. The molecule has 0 bridgehead atoms. The van der Waals surface area contributed by atoms with E-state index >= 15 is 0 Å². The molecule has 0 aromatic rings. The molecule has 92 valence electrons. The number of amides is 1. The summed E-state index contributed by atoms with van der Waals surface area (Å²) in [5.74, 6) is 0.356. The van der Waals surface area contributed by atoms with Gasteiger partial charge in [-0.3, -0.25) is 4.79 Å². The molecule has 0 aromatic carbocycles. The van der Waals surface area contributed by atoms with Crippen LogP contribution in [0.5, 0.6) is 0 Å². The van der Waals surface area contributed by atoms with E-state index in [-0.39, 0.29) is 5.41 Å². The molecule has 2 aliphatic rings. The second-order valence-electron chi connectivity index (χ2n) is 5.53. The van der Waals surface area contributed by atoms with Gasteiger partial charge in [-0.15, -0.1) is 0 Å². The predicted molar refractivity (Wildman–Crippen MR) is 65.0 cm³/mol. The summed E-state index contributed by atoms with van der Waals surface area (Å²) >= 11 is 0. The predicted octanol–water partition coefficient (Wildman–Crippen LogP) is 1.91. The van der Waals surface area contributed by atoms with E-state index in [2.05, 4.69) is 11.8 Å². The highest BCUT2D eigenvalue weighted by Crippen LogP contribution is 2.43. The standard InChI is InChI=1S/C13H24N2O/c1-2-11-5-3-8-15(11)12(16)9-13(10-14)6-4-7-13/h11H,2-10,14H2,1H3.